The van der Waals surface area contributed by atoms with Gasteiger partial charge in [0.05, 0.1) is 0 Å². The fourth-order valence-corrected chi connectivity index (χ4v) is 3.11. The summed E-state index contributed by atoms with van der Waals surface area (Å²) in [7, 11) is 6.69. The highest BCUT2D eigenvalue weighted by atomic mass is 16.8. The quantitative estimate of drug-likeness (QED) is 0.0968. The van der Waals surface area contributed by atoms with E-state index in [1.165, 1.54) is 0 Å². The maximum Gasteiger partial charge on any atom is 0.180 e. The summed E-state index contributed by atoms with van der Waals surface area (Å²) in [6.07, 6.45) is 16.9. The molecule has 33 heavy (non-hydrogen) atoms. The molecule has 0 aliphatic rings. The summed E-state index contributed by atoms with van der Waals surface area (Å²) < 4.78 is 38.8. The summed E-state index contributed by atoms with van der Waals surface area (Å²) >= 11 is 0. The summed E-state index contributed by atoms with van der Waals surface area (Å²) in [6, 6.07) is 0. The highest BCUT2D eigenvalue weighted by Gasteiger charge is 2.13. The Labute approximate surface area is 202 Å². The van der Waals surface area contributed by atoms with Crippen LogP contribution in [0.5, 0.6) is 0 Å². The van der Waals surface area contributed by atoms with E-state index >= 15 is 0 Å². The predicted octanol–water partition coefficient (Wildman–Crippen LogP) is 5.98. The SMILES string of the molecule is CCCOC(C=CCCCCC(OC)OC)OC(C=CCCCCC(OC)OC)OCCC. The van der Waals surface area contributed by atoms with E-state index < -0.39 is 12.6 Å². The van der Waals surface area contributed by atoms with Crippen LogP contribution in [0.3, 0.4) is 0 Å². The van der Waals surface area contributed by atoms with Gasteiger partial charge in [0.1, 0.15) is 0 Å². The topological polar surface area (TPSA) is 64.6 Å². The van der Waals surface area contributed by atoms with E-state index in [1.54, 1.807) is 28.4 Å². The van der Waals surface area contributed by atoms with Crippen LogP contribution >= 0.6 is 0 Å². The van der Waals surface area contributed by atoms with E-state index in [9.17, 15) is 0 Å². The molecule has 0 bridgehead atoms. The molecule has 0 amide bonds. The monoisotopic (exact) mass is 474 g/mol. The van der Waals surface area contributed by atoms with Gasteiger partial charge in [-0.1, -0.05) is 26.0 Å². The molecule has 0 saturated carbocycles. The molecule has 0 rings (SSSR count). The first kappa shape index (κ1) is 32.2. The molecule has 0 N–H and O–H groups in total. The number of methoxy groups -OCH3 is 4. The second-order valence-electron chi connectivity index (χ2n) is 7.84. The molecule has 0 heterocycles. The molecular weight excluding hydrogens is 424 g/mol. The smallest absolute Gasteiger partial charge is 0.180 e. The third-order valence-electron chi connectivity index (χ3n) is 5.00. The fraction of sp³-hybridized carbons (Fsp3) is 0.846. The van der Waals surface area contributed by atoms with Crippen molar-refractivity contribution in [3.63, 3.8) is 0 Å². The van der Waals surface area contributed by atoms with Crippen LogP contribution in [0.2, 0.25) is 0 Å². The van der Waals surface area contributed by atoms with Crippen molar-refractivity contribution >= 4 is 0 Å². The van der Waals surface area contributed by atoms with Gasteiger partial charge in [0.2, 0.25) is 0 Å². The Bertz CT molecular complexity index is 408. The average molecular weight is 475 g/mol. The summed E-state index contributed by atoms with van der Waals surface area (Å²) in [5.74, 6) is 0. The Hall–Kier alpha value is -0.800. The normalized spacial score (nSPS) is 14.3. The van der Waals surface area contributed by atoms with Gasteiger partial charge >= 0.3 is 0 Å². The Balaban J connectivity index is 4.55. The first-order valence-corrected chi connectivity index (χ1v) is 12.5. The number of unbranched alkanes of at least 4 members (excludes halogenated alkanes) is 4. The van der Waals surface area contributed by atoms with Crippen molar-refractivity contribution in [3.8, 4) is 0 Å². The summed E-state index contributed by atoms with van der Waals surface area (Å²) in [4.78, 5) is 0. The van der Waals surface area contributed by atoms with Crippen molar-refractivity contribution < 1.29 is 33.2 Å². The van der Waals surface area contributed by atoms with E-state index in [0.29, 0.717) is 13.2 Å². The zero-order chi connectivity index (χ0) is 24.6. The largest absolute Gasteiger partial charge is 0.356 e. The Morgan fingerprint density at radius 1 is 0.576 bits per heavy atom. The van der Waals surface area contributed by atoms with Crippen molar-refractivity contribution in [2.24, 2.45) is 0 Å². The van der Waals surface area contributed by atoms with Crippen molar-refractivity contribution in [3.05, 3.63) is 24.3 Å². The van der Waals surface area contributed by atoms with E-state index in [2.05, 4.69) is 26.0 Å². The van der Waals surface area contributed by atoms with Crippen LogP contribution < -0.4 is 0 Å². The lowest BCUT2D eigenvalue weighted by Gasteiger charge is -2.21. The van der Waals surface area contributed by atoms with Crippen molar-refractivity contribution in [1.82, 2.24) is 0 Å². The number of hydrogen-bond acceptors (Lipinski definition) is 7. The molecule has 0 aliphatic carbocycles. The molecule has 0 aliphatic heterocycles. The molecule has 0 spiro atoms. The number of hydrogen-bond donors (Lipinski definition) is 0. The predicted molar refractivity (Wildman–Crippen MR) is 132 cm³/mol. The molecule has 0 aromatic heterocycles. The van der Waals surface area contributed by atoms with Gasteiger partial charge in [-0.25, -0.2) is 0 Å². The second kappa shape index (κ2) is 24.3. The Kier molecular flexibility index (Phi) is 23.7. The van der Waals surface area contributed by atoms with Gasteiger partial charge in [0, 0.05) is 41.7 Å². The molecule has 196 valence electrons. The summed E-state index contributed by atoms with van der Waals surface area (Å²) in [6.45, 7) is 5.46. The van der Waals surface area contributed by atoms with Crippen molar-refractivity contribution in [2.75, 3.05) is 41.7 Å². The summed E-state index contributed by atoms with van der Waals surface area (Å²) in [5.41, 5.74) is 0. The lowest BCUT2D eigenvalue weighted by Crippen LogP contribution is -2.25. The van der Waals surface area contributed by atoms with Crippen molar-refractivity contribution in [1.29, 1.82) is 0 Å². The Morgan fingerprint density at radius 3 is 1.30 bits per heavy atom. The zero-order valence-corrected chi connectivity index (χ0v) is 22.0. The average Bonchev–Trinajstić information content (AvgIpc) is 2.84. The molecular formula is C26H50O7. The molecule has 0 radical (unpaired) electrons. The number of rotatable bonds is 24. The third kappa shape index (κ3) is 19.2. The van der Waals surface area contributed by atoms with Gasteiger partial charge in [-0.05, 0) is 76.4 Å². The molecule has 7 heteroatoms. The highest BCUT2D eigenvalue weighted by molar-refractivity contribution is 4.89. The number of ether oxygens (including phenoxy) is 7. The van der Waals surface area contributed by atoms with Gasteiger partial charge in [-0.3, -0.25) is 0 Å². The van der Waals surface area contributed by atoms with Crippen LogP contribution in [0.25, 0.3) is 0 Å². The van der Waals surface area contributed by atoms with Crippen molar-refractivity contribution in [2.45, 2.75) is 103 Å². The molecule has 0 fully saturated rings. The zero-order valence-electron chi connectivity index (χ0n) is 22.0. The van der Waals surface area contributed by atoms with Crippen LogP contribution in [0, 0.1) is 0 Å². The van der Waals surface area contributed by atoms with E-state index in [4.69, 9.17) is 33.2 Å². The minimum atomic E-state index is -0.425. The first-order valence-electron chi connectivity index (χ1n) is 12.5. The molecule has 0 aromatic carbocycles. The molecule has 2 unspecified atom stereocenters. The first-order chi connectivity index (χ1) is 16.1. The van der Waals surface area contributed by atoms with Crippen LogP contribution in [0.4, 0.5) is 0 Å². The van der Waals surface area contributed by atoms with E-state index in [1.807, 2.05) is 12.2 Å². The maximum atomic E-state index is 6.12. The number of allylic oxidation sites excluding steroid dienone is 2. The minimum Gasteiger partial charge on any atom is -0.356 e. The standard InChI is InChI=1S/C26H50O7/c1-7-21-31-25(19-15-11-9-13-17-23(27-3)28-4)33-26(32-22-8-2)20-16-12-10-14-18-24(29-5)30-6/h15-16,19-20,23-26H,7-14,17-18,21-22H2,1-6H3. The molecule has 0 saturated heterocycles. The lowest BCUT2D eigenvalue weighted by atomic mass is 10.2. The molecule has 2 atom stereocenters. The maximum absolute atomic E-state index is 6.12. The Morgan fingerprint density at radius 2 is 0.970 bits per heavy atom. The third-order valence-corrected chi connectivity index (χ3v) is 5.00. The molecule has 7 nitrogen and oxygen atoms in total. The van der Waals surface area contributed by atoms with Crippen LogP contribution in [-0.2, 0) is 33.2 Å². The highest BCUT2D eigenvalue weighted by Crippen LogP contribution is 2.12. The van der Waals surface area contributed by atoms with Gasteiger partial charge in [-0.15, -0.1) is 0 Å². The fourth-order valence-electron chi connectivity index (χ4n) is 3.11. The van der Waals surface area contributed by atoms with Gasteiger partial charge in [0.15, 0.2) is 25.2 Å². The second-order valence-corrected chi connectivity index (χ2v) is 7.84. The van der Waals surface area contributed by atoms with Crippen LogP contribution in [-0.4, -0.2) is 66.8 Å². The van der Waals surface area contributed by atoms with Gasteiger partial charge in [0.25, 0.3) is 0 Å². The van der Waals surface area contributed by atoms with Crippen LogP contribution in [0.1, 0.15) is 78.1 Å². The molecule has 0 aromatic rings. The van der Waals surface area contributed by atoms with Gasteiger partial charge in [-0.2, -0.15) is 0 Å². The van der Waals surface area contributed by atoms with E-state index in [0.717, 1.165) is 64.2 Å². The minimum absolute atomic E-state index is 0.123. The lowest BCUT2D eigenvalue weighted by molar-refractivity contribution is -0.207. The van der Waals surface area contributed by atoms with E-state index in [-0.39, 0.29) is 12.6 Å². The summed E-state index contributed by atoms with van der Waals surface area (Å²) in [5, 5.41) is 0. The van der Waals surface area contributed by atoms with Gasteiger partial charge < -0.3 is 33.2 Å². The van der Waals surface area contributed by atoms with Crippen LogP contribution in [0.15, 0.2) is 24.3 Å².